The lowest BCUT2D eigenvalue weighted by atomic mass is 10.0. The van der Waals surface area contributed by atoms with Crippen LogP contribution in [0.3, 0.4) is 0 Å². The topological polar surface area (TPSA) is 43.1 Å². The van der Waals surface area contributed by atoms with Crippen molar-refractivity contribution >= 4 is 5.91 Å². The Morgan fingerprint density at radius 1 is 1.46 bits per heavy atom. The standard InChI is InChI=1S/C10H12FNO/c1-7(10(12)13)6-8-2-4-9(11)5-3-8/h2-5,7H,6H2,1H3,(H2,12,13). The predicted octanol–water partition coefficient (Wildman–Crippen LogP) is 1.49. The Morgan fingerprint density at radius 3 is 2.46 bits per heavy atom. The summed E-state index contributed by atoms with van der Waals surface area (Å²) in [4.78, 5) is 10.7. The predicted molar refractivity (Wildman–Crippen MR) is 48.5 cm³/mol. The van der Waals surface area contributed by atoms with Gasteiger partial charge in [-0.25, -0.2) is 4.39 Å². The molecule has 0 aliphatic carbocycles. The lowest BCUT2D eigenvalue weighted by Gasteiger charge is -2.06. The maximum Gasteiger partial charge on any atom is 0.220 e. The Bertz CT molecular complexity index is 294. The Balaban J connectivity index is 2.64. The van der Waals surface area contributed by atoms with Crippen LogP contribution in [0.25, 0.3) is 0 Å². The van der Waals surface area contributed by atoms with Gasteiger partial charge in [-0.3, -0.25) is 4.79 Å². The van der Waals surface area contributed by atoms with Crippen molar-refractivity contribution in [1.29, 1.82) is 0 Å². The Morgan fingerprint density at radius 2 is 2.00 bits per heavy atom. The summed E-state index contributed by atoms with van der Waals surface area (Å²) in [7, 11) is 0. The van der Waals surface area contributed by atoms with Crippen molar-refractivity contribution in [3.8, 4) is 0 Å². The molecule has 1 rings (SSSR count). The second-order valence-corrected chi connectivity index (χ2v) is 3.13. The number of carbonyl (C=O) groups excluding carboxylic acids is 1. The zero-order valence-electron chi connectivity index (χ0n) is 7.46. The zero-order chi connectivity index (χ0) is 9.84. The van der Waals surface area contributed by atoms with Gasteiger partial charge in [0.1, 0.15) is 5.82 Å². The first-order chi connectivity index (χ1) is 6.09. The number of rotatable bonds is 3. The number of hydrogen-bond donors (Lipinski definition) is 1. The van der Waals surface area contributed by atoms with Crippen molar-refractivity contribution in [3.63, 3.8) is 0 Å². The van der Waals surface area contributed by atoms with Crippen molar-refractivity contribution in [2.45, 2.75) is 13.3 Å². The van der Waals surface area contributed by atoms with Gasteiger partial charge in [-0.1, -0.05) is 19.1 Å². The van der Waals surface area contributed by atoms with Gasteiger partial charge < -0.3 is 5.73 Å². The maximum absolute atomic E-state index is 12.5. The highest BCUT2D eigenvalue weighted by molar-refractivity contribution is 5.76. The van der Waals surface area contributed by atoms with Crippen LogP contribution in [0.1, 0.15) is 12.5 Å². The molecule has 3 heteroatoms. The molecule has 1 aromatic carbocycles. The van der Waals surface area contributed by atoms with Gasteiger partial charge in [0.05, 0.1) is 0 Å². The van der Waals surface area contributed by atoms with E-state index in [1.54, 1.807) is 19.1 Å². The molecule has 0 aliphatic rings. The van der Waals surface area contributed by atoms with Crippen LogP contribution in [0.2, 0.25) is 0 Å². The first kappa shape index (κ1) is 9.71. The van der Waals surface area contributed by atoms with Gasteiger partial charge >= 0.3 is 0 Å². The minimum absolute atomic E-state index is 0.203. The van der Waals surface area contributed by atoms with Gasteiger partial charge in [0.2, 0.25) is 5.91 Å². The van der Waals surface area contributed by atoms with Crippen LogP contribution in [0.4, 0.5) is 4.39 Å². The molecule has 1 aromatic rings. The number of amides is 1. The summed E-state index contributed by atoms with van der Waals surface area (Å²) in [6.07, 6.45) is 0.565. The molecule has 0 bridgehead atoms. The van der Waals surface area contributed by atoms with Crippen LogP contribution in [0.5, 0.6) is 0 Å². The lowest BCUT2D eigenvalue weighted by Crippen LogP contribution is -2.22. The summed E-state index contributed by atoms with van der Waals surface area (Å²) in [5.41, 5.74) is 6.02. The Hall–Kier alpha value is -1.38. The van der Waals surface area contributed by atoms with E-state index in [1.165, 1.54) is 12.1 Å². The number of benzene rings is 1. The van der Waals surface area contributed by atoms with Crippen molar-refractivity contribution in [1.82, 2.24) is 0 Å². The summed E-state index contributed by atoms with van der Waals surface area (Å²) in [5, 5.41) is 0. The van der Waals surface area contributed by atoms with E-state index in [9.17, 15) is 9.18 Å². The van der Waals surface area contributed by atoms with Crippen molar-refractivity contribution in [3.05, 3.63) is 35.6 Å². The second-order valence-electron chi connectivity index (χ2n) is 3.13. The highest BCUT2D eigenvalue weighted by Gasteiger charge is 2.08. The average Bonchev–Trinajstić information content (AvgIpc) is 2.08. The molecule has 1 unspecified atom stereocenters. The molecule has 0 aromatic heterocycles. The van der Waals surface area contributed by atoms with Crippen LogP contribution >= 0.6 is 0 Å². The molecule has 1 amide bonds. The van der Waals surface area contributed by atoms with Gasteiger partial charge in [-0.2, -0.15) is 0 Å². The normalized spacial score (nSPS) is 12.5. The lowest BCUT2D eigenvalue weighted by molar-refractivity contribution is -0.121. The number of hydrogen-bond acceptors (Lipinski definition) is 1. The molecule has 0 aliphatic heterocycles. The Kier molecular flexibility index (Phi) is 3.01. The monoisotopic (exact) mass is 181 g/mol. The summed E-state index contributed by atoms with van der Waals surface area (Å²) >= 11 is 0. The van der Waals surface area contributed by atoms with E-state index >= 15 is 0 Å². The molecule has 0 fully saturated rings. The minimum atomic E-state index is -0.329. The molecule has 13 heavy (non-hydrogen) atoms. The van der Waals surface area contributed by atoms with E-state index in [2.05, 4.69) is 0 Å². The number of halogens is 1. The molecular formula is C10H12FNO. The molecule has 70 valence electrons. The molecule has 0 saturated heterocycles. The number of primary amides is 1. The quantitative estimate of drug-likeness (QED) is 0.754. The Labute approximate surface area is 76.6 Å². The average molecular weight is 181 g/mol. The van der Waals surface area contributed by atoms with Crippen molar-refractivity contribution in [2.24, 2.45) is 11.7 Å². The third-order valence-corrected chi connectivity index (χ3v) is 1.94. The summed E-state index contributed by atoms with van der Waals surface area (Å²) in [6, 6.07) is 6.08. The van der Waals surface area contributed by atoms with Crippen molar-refractivity contribution < 1.29 is 9.18 Å². The smallest absolute Gasteiger partial charge is 0.220 e. The first-order valence-electron chi connectivity index (χ1n) is 4.13. The van der Waals surface area contributed by atoms with Gasteiger partial charge in [0, 0.05) is 5.92 Å². The molecule has 0 spiro atoms. The molecule has 2 nitrogen and oxygen atoms in total. The van der Waals surface area contributed by atoms with Crippen LogP contribution < -0.4 is 5.73 Å². The van der Waals surface area contributed by atoms with E-state index in [4.69, 9.17) is 5.73 Å². The SMILES string of the molecule is CC(Cc1ccc(F)cc1)C(N)=O. The number of nitrogens with two attached hydrogens (primary N) is 1. The maximum atomic E-state index is 12.5. The summed E-state index contributed by atoms with van der Waals surface area (Å²) < 4.78 is 12.5. The highest BCUT2D eigenvalue weighted by Crippen LogP contribution is 2.08. The fourth-order valence-corrected chi connectivity index (χ4v) is 1.07. The van der Waals surface area contributed by atoms with E-state index in [0.29, 0.717) is 6.42 Å². The highest BCUT2D eigenvalue weighted by atomic mass is 19.1. The van der Waals surface area contributed by atoms with Gasteiger partial charge in [-0.15, -0.1) is 0 Å². The van der Waals surface area contributed by atoms with Gasteiger partial charge in [0.15, 0.2) is 0 Å². The molecule has 2 N–H and O–H groups in total. The summed E-state index contributed by atoms with van der Waals surface area (Å²) in [6.45, 7) is 1.76. The molecule has 0 heterocycles. The van der Waals surface area contributed by atoms with E-state index < -0.39 is 0 Å². The largest absolute Gasteiger partial charge is 0.369 e. The second kappa shape index (κ2) is 4.03. The third-order valence-electron chi connectivity index (χ3n) is 1.94. The third kappa shape index (κ3) is 2.86. The molecular weight excluding hydrogens is 169 g/mol. The van der Waals surface area contributed by atoms with Gasteiger partial charge in [0.25, 0.3) is 0 Å². The summed E-state index contributed by atoms with van der Waals surface area (Å²) in [5.74, 6) is -0.801. The van der Waals surface area contributed by atoms with Crippen molar-refractivity contribution in [2.75, 3.05) is 0 Å². The van der Waals surface area contributed by atoms with Gasteiger partial charge in [-0.05, 0) is 24.1 Å². The van der Waals surface area contributed by atoms with E-state index in [1.807, 2.05) is 0 Å². The zero-order valence-corrected chi connectivity index (χ0v) is 7.46. The van der Waals surface area contributed by atoms with Crippen LogP contribution in [-0.4, -0.2) is 5.91 Å². The molecule has 0 saturated carbocycles. The van der Waals surface area contributed by atoms with Crippen LogP contribution in [-0.2, 0) is 11.2 Å². The van der Waals surface area contributed by atoms with E-state index in [-0.39, 0.29) is 17.6 Å². The fourth-order valence-electron chi connectivity index (χ4n) is 1.07. The first-order valence-corrected chi connectivity index (χ1v) is 4.13. The number of carbonyl (C=O) groups is 1. The van der Waals surface area contributed by atoms with Crippen LogP contribution in [0, 0.1) is 11.7 Å². The van der Waals surface area contributed by atoms with E-state index in [0.717, 1.165) is 5.56 Å². The molecule has 1 atom stereocenters. The minimum Gasteiger partial charge on any atom is -0.369 e. The molecule has 0 radical (unpaired) electrons. The van der Waals surface area contributed by atoms with Crippen LogP contribution in [0.15, 0.2) is 24.3 Å². The fraction of sp³-hybridized carbons (Fsp3) is 0.300.